The number of benzene rings is 1. The lowest BCUT2D eigenvalue weighted by atomic mass is 9.97. The molecule has 0 aromatic heterocycles. The van der Waals surface area contributed by atoms with Crippen molar-refractivity contribution >= 4 is 0 Å². The number of aliphatic hydroxyl groups excluding tert-OH is 3. The predicted molar refractivity (Wildman–Crippen MR) is 90.8 cm³/mol. The Kier molecular flexibility index (Phi) is 9.37. The Bertz CT molecular complexity index is 388. The zero-order valence-electron chi connectivity index (χ0n) is 14.0. The Morgan fingerprint density at radius 1 is 0.818 bits per heavy atom. The van der Waals surface area contributed by atoms with Crippen molar-refractivity contribution in [3.63, 3.8) is 0 Å². The molecule has 0 heterocycles. The van der Waals surface area contributed by atoms with Crippen LogP contribution in [-0.4, -0.2) is 27.5 Å². The fourth-order valence-electron chi connectivity index (χ4n) is 2.64. The summed E-state index contributed by atoms with van der Waals surface area (Å²) in [5.74, 6) is 0. The summed E-state index contributed by atoms with van der Waals surface area (Å²) in [6.45, 7) is 4.13. The van der Waals surface area contributed by atoms with Crippen molar-refractivity contribution in [2.75, 3.05) is 0 Å². The smallest absolute Gasteiger partial charge is 0.0839 e. The van der Waals surface area contributed by atoms with Crippen molar-refractivity contribution in [2.45, 2.75) is 83.5 Å². The second-order valence-electron chi connectivity index (χ2n) is 6.21. The highest BCUT2D eigenvalue weighted by Gasteiger charge is 2.16. The molecule has 1 aromatic carbocycles. The first-order valence-electron chi connectivity index (χ1n) is 8.71. The Morgan fingerprint density at radius 2 is 1.45 bits per heavy atom. The second kappa shape index (κ2) is 10.8. The van der Waals surface area contributed by atoms with Gasteiger partial charge in [-0.2, -0.15) is 0 Å². The summed E-state index contributed by atoms with van der Waals surface area (Å²) in [7, 11) is 0. The number of unbranched alkanes of at least 4 members (excludes halogenated alkanes) is 4. The number of aliphatic hydroxyl groups is 3. The van der Waals surface area contributed by atoms with Gasteiger partial charge >= 0.3 is 0 Å². The van der Waals surface area contributed by atoms with Crippen LogP contribution in [0.15, 0.2) is 24.3 Å². The van der Waals surface area contributed by atoms with Crippen molar-refractivity contribution in [3.8, 4) is 0 Å². The Balaban J connectivity index is 2.35. The highest BCUT2D eigenvalue weighted by Crippen LogP contribution is 2.18. The first kappa shape index (κ1) is 19.1. The van der Waals surface area contributed by atoms with E-state index in [1.165, 1.54) is 19.3 Å². The Hall–Kier alpha value is -0.900. The minimum atomic E-state index is -0.715. The second-order valence-corrected chi connectivity index (χ2v) is 6.21. The summed E-state index contributed by atoms with van der Waals surface area (Å²) in [4.78, 5) is 0. The number of rotatable bonds is 11. The van der Waals surface area contributed by atoms with Crippen LogP contribution in [0.25, 0.3) is 0 Å². The normalized spacial score (nSPS) is 15.5. The van der Waals surface area contributed by atoms with E-state index in [-0.39, 0.29) is 0 Å². The SMILES string of the molecule is CCCCCCC[C@@H](O)[C@H](O)Cc1ccc([C@@H](O)CC)cc1. The molecule has 1 rings (SSSR count). The first-order chi connectivity index (χ1) is 10.6. The average molecular weight is 308 g/mol. The molecule has 0 unspecified atom stereocenters. The van der Waals surface area contributed by atoms with Crippen molar-refractivity contribution in [1.29, 1.82) is 0 Å². The van der Waals surface area contributed by atoms with Gasteiger partial charge in [-0.3, -0.25) is 0 Å². The van der Waals surface area contributed by atoms with E-state index in [0.717, 1.165) is 24.0 Å². The zero-order chi connectivity index (χ0) is 16.4. The monoisotopic (exact) mass is 308 g/mol. The molecule has 0 saturated heterocycles. The minimum Gasteiger partial charge on any atom is -0.390 e. The van der Waals surface area contributed by atoms with Crippen LogP contribution in [0.1, 0.15) is 76.0 Å². The van der Waals surface area contributed by atoms with Gasteiger partial charge in [0.05, 0.1) is 18.3 Å². The predicted octanol–water partition coefficient (Wildman–Crippen LogP) is 3.75. The third-order valence-corrected chi connectivity index (χ3v) is 4.24. The molecular weight excluding hydrogens is 276 g/mol. The van der Waals surface area contributed by atoms with Gasteiger partial charge in [-0.05, 0) is 24.0 Å². The lowest BCUT2D eigenvalue weighted by molar-refractivity contribution is 0.0137. The molecule has 3 N–H and O–H groups in total. The molecule has 0 bridgehead atoms. The van der Waals surface area contributed by atoms with Gasteiger partial charge in [0.2, 0.25) is 0 Å². The Morgan fingerprint density at radius 3 is 2.05 bits per heavy atom. The van der Waals surface area contributed by atoms with Gasteiger partial charge in [-0.25, -0.2) is 0 Å². The van der Waals surface area contributed by atoms with Crippen LogP contribution in [0.3, 0.4) is 0 Å². The van der Waals surface area contributed by atoms with Gasteiger partial charge < -0.3 is 15.3 Å². The van der Waals surface area contributed by atoms with E-state index in [9.17, 15) is 15.3 Å². The van der Waals surface area contributed by atoms with E-state index in [2.05, 4.69) is 6.92 Å². The van der Waals surface area contributed by atoms with Crippen LogP contribution in [0.2, 0.25) is 0 Å². The van der Waals surface area contributed by atoms with E-state index in [1.54, 1.807) is 0 Å². The third-order valence-electron chi connectivity index (χ3n) is 4.24. The molecule has 0 aliphatic carbocycles. The summed E-state index contributed by atoms with van der Waals surface area (Å²) >= 11 is 0. The van der Waals surface area contributed by atoms with E-state index in [0.29, 0.717) is 19.3 Å². The maximum atomic E-state index is 10.1. The van der Waals surface area contributed by atoms with Crippen molar-refractivity contribution in [1.82, 2.24) is 0 Å². The van der Waals surface area contributed by atoms with Gasteiger partial charge in [0.1, 0.15) is 0 Å². The Labute approximate surface area is 135 Å². The van der Waals surface area contributed by atoms with Gasteiger partial charge in [0, 0.05) is 6.42 Å². The summed E-state index contributed by atoms with van der Waals surface area (Å²) in [6, 6.07) is 7.64. The van der Waals surface area contributed by atoms with Crippen molar-refractivity contribution in [3.05, 3.63) is 35.4 Å². The van der Waals surface area contributed by atoms with Crippen molar-refractivity contribution < 1.29 is 15.3 Å². The summed E-state index contributed by atoms with van der Waals surface area (Å²) < 4.78 is 0. The van der Waals surface area contributed by atoms with Gasteiger partial charge in [-0.15, -0.1) is 0 Å². The van der Waals surface area contributed by atoms with Crippen LogP contribution < -0.4 is 0 Å². The minimum absolute atomic E-state index is 0.423. The highest BCUT2D eigenvalue weighted by atomic mass is 16.3. The third kappa shape index (κ3) is 6.91. The topological polar surface area (TPSA) is 60.7 Å². The number of hydrogen-bond acceptors (Lipinski definition) is 3. The van der Waals surface area contributed by atoms with E-state index < -0.39 is 18.3 Å². The summed E-state index contributed by atoms with van der Waals surface area (Å²) in [6.07, 6.45) is 5.79. The van der Waals surface area contributed by atoms with Gasteiger partial charge in [0.25, 0.3) is 0 Å². The van der Waals surface area contributed by atoms with E-state index in [4.69, 9.17) is 0 Å². The molecule has 1 aromatic rings. The molecule has 0 amide bonds. The fourth-order valence-corrected chi connectivity index (χ4v) is 2.64. The molecule has 0 radical (unpaired) electrons. The molecule has 126 valence electrons. The number of hydrogen-bond donors (Lipinski definition) is 3. The lowest BCUT2D eigenvalue weighted by Crippen LogP contribution is -2.27. The molecule has 3 heteroatoms. The summed E-state index contributed by atoms with van der Waals surface area (Å²) in [5, 5.41) is 29.9. The molecule has 0 spiro atoms. The maximum Gasteiger partial charge on any atom is 0.0839 e. The largest absolute Gasteiger partial charge is 0.390 e. The van der Waals surface area contributed by atoms with Crippen LogP contribution in [0.5, 0.6) is 0 Å². The standard InChI is InChI=1S/C19H32O3/c1-3-5-6-7-8-9-18(21)19(22)14-15-10-12-16(13-11-15)17(20)4-2/h10-13,17-22H,3-9,14H2,1-2H3/t17-,18+,19+/m0/s1. The van der Waals surface area contributed by atoms with Crippen LogP contribution >= 0.6 is 0 Å². The molecule has 0 fully saturated rings. The zero-order valence-corrected chi connectivity index (χ0v) is 14.0. The fraction of sp³-hybridized carbons (Fsp3) is 0.684. The van der Waals surface area contributed by atoms with Crippen LogP contribution in [0.4, 0.5) is 0 Å². The van der Waals surface area contributed by atoms with Crippen LogP contribution in [0, 0.1) is 0 Å². The average Bonchev–Trinajstić information content (AvgIpc) is 2.54. The van der Waals surface area contributed by atoms with Gasteiger partial charge in [0.15, 0.2) is 0 Å². The van der Waals surface area contributed by atoms with E-state index in [1.807, 2.05) is 31.2 Å². The van der Waals surface area contributed by atoms with Crippen molar-refractivity contribution in [2.24, 2.45) is 0 Å². The van der Waals surface area contributed by atoms with Gasteiger partial charge in [-0.1, -0.05) is 70.2 Å². The molecule has 0 aliphatic heterocycles. The maximum absolute atomic E-state index is 10.1. The molecule has 3 atom stereocenters. The molecule has 22 heavy (non-hydrogen) atoms. The molecule has 0 aliphatic rings. The molecule has 3 nitrogen and oxygen atoms in total. The quantitative estimate of drug-likeness (QED) is 0.546. The lowest BCUT2D eigenvalue weighted by Gasteiger charge is -2.18. The highest BCUT2D eigenvalue weighted by molar-refractivity contribution is 5.24. The summed E-state index contributed by atoms with van der Waals surface area (Å²) in [5.41, 5.74) is 1.89. The van der Waals surface area contributed by atoms with E-state index >= 15 is 0 Å². The molecule has 0 saturated carbocycles. The van der Waals surface area contributed by atoms with Crippen LogP contribution in [-0.2, 0) is 6.42 Å². The first-order valence-corrected chi connectivity index (χ1v) is 8.71. The molecular formula is C19H32O3.